The van der Waals surface area contributed by atoms with Crippen LogP contribution in [0.3, 0.4) is 0 Å². The topological polar surface area (TPSA) is 122 Å². The summed E-state index contributed by atoms with van der Waals surface area (Å²) in [6, 6.07) is 3.96. The number of amides is 2. The average Bonchev–Trinajstić information content (AvgIpc) is 3.21. The fourth-order valence-corrected chi connectivity index (χ4v) is 8.01. The highest BCUT2D eigenvalue weighted by Gasteiger charge is 2.48. The van der Waals surface area contributed by atoms with Gasteiger partial charge in [0.1, 0.15) is 11.4 Å². The third kappa shape index (κ3) is 7.88. The summed E-state index contributed by atoms with van der Waals surface area (Å²) in [5.74, 6) is 0.0790. The molecule has 228 valence electrons. The first kappa shape index (κ1) is 31.5. The molecular weight excluding hydrogens is 557 g/mol. The zero-order chi connectivity index (χ0) is 30.0. The molecule has 0 radical (unpaired) electrons. The predicted octanol–water partition coefficient (Wildman–Crippen LogP) is 4.11. The molecule has 2 heterocycles. The second kappa shape index (κ2) is 12.4. The third-order valence-electron chi connectivity index (χ3n) is 9.04. The van der Waals surface area contributed by atoms with Crippen molar-refractivity contribution in [1.29, 1.82) is 0 Å². The summed E-state index contributed by atoms with van der Waals surface area (Å²) in [5, 5.41) is 2.93. The van der Waals surface area contributed by atoms with E-state index in [0.717, 1.165) is 22.3 Å². The van der Waals surface area contributed by atoms with Gasteiger partial charge in [0.15, 0.2) is 0 Å². The Bertz CT molecular complexity index is 1260. The van der Waals surface area contributed by atoms with E-state index in [1.807, 2.05) is 26.0 Å². The zero-order valence-corrected chi connectivity index (χ0v) is 24.7. The Labute approximate surface area is 240 Å². The summed E-state index contributed by atoms with van der Waals surface area (Å²) in [6.07, 6.45) is -0.203. The summed E-state index contributed by atoms with van der Waals surface area (Å²) < 4.78 is 65.6. The van der Waals surface area contributed by atoms with E-state index in [0.29, 0.717) is 57.2 Å². The van der Waals surface area contributed by atoms with E-state index in [-0.39, 0.29) is 55.3 Å². The number of carbonyl (C=O) groups is 2. The summed E-state index contributed by atoms with van der Waals surface area (Å²) >= 11 is 0. The molecule has 2 amide bonds. The molecule has 4 rings (SSSR count). The molecule has 1 saturated carbocycles. The van der Waals surface area contributed by atoms with Crippen LogP contribution in [0.25, 0.3) is 0 Å². The van der Waals surface area contributed by atoms with Gasteiger partial charge in [-0.1, -0.05) is 12.1 Å². The molecule has 0 aromatic heterocycles. The normalized spacial score (nSPS) is 23.4. The van der Waals surface area contributed by atoms with Crippen LogP contribution in [0.1, 0.15) is 80.0 Å². The quantitative estimate of drug-likeness (QED) is 0.421. The third-order valence-corrected chi connectivity index (χ3v) is 10.9. The maximum absolute atomic E-state index is 13.2. The van der Waals surface area contributed by atoms with Crippen LogP contribution in [-0.4, -0.2) is 60.9 Å². The van der Waals surface area contributed by atoms with E-state index in [1.54, 1.807) is 0 Å². The first-order valence-electron chi connectivity index (χ1n) is 14.5. The molecule has 41 heavy (non-hydrogen) atoms. The molecule has 0 bridgehead atoms. The monoisotopic (exact) mass is 598 g/mol. The van der Waals surface area contributed by atoms with E-state index < -0.39 is 28.2 Å². The van der Waals surface area contributed by atoms with Crippen LogP contribution < -0.4 is 11.1 Å². The number of nitrogens with one attached hydrogen (secondary N) is 1. The summed E-state index contributed by atoms with van der Waals surface area (Å²) in [5.41, 5.74) is 8.22. The van der Waals surface area contributed by atoms with Crippen molar-refractivity contribution in [3.05, 3.63) is 34.4 Å². The molecule has 1 aromatic rings. The second-order valence-corrected chi connectivity index (χ2v) is 14.1. The number of hydrogen-bond donors (Lipinski definition) is 2. The highest BCUT2D eigenvalue weighted by molar-refractivity contribution is 7.89. The van der Waals surface area contributed by atoms with Crippen LogP contribution in [-0.2, 0) is 32.5 Å². The van der Waals surface area contributed by atoms with Crippen molar-refractivity contribution >= 4 is 27.7 Å². The molecule has 2 fully saturated rings. The number of aliphatic imine (C=N–C) groups is 1. The van der Waals surface area contributed by atoms with Crippen molar-refractivity contribution in [3.63, 3.8) is 0 Å². The van der Waals surface area contributed by atoms with Gasteiger partial charge in [-0.2, -0.15) is 13.2 Å². The van der Waals surface area contributed by atoms with E-state index >= 15 is 0 Å². The second-order valence-electron chi connectivity index (χ2n) is 12.0. The Morgan fingerprint density at radius 1 is 1.10 bits per heavy atom. The fraction of sp³-hybridized carbons (Fsp3) is 0.690. The van der Waals surface area contributed by atoms with Crippen molar-refractivity contribution in [2.24, 2.45) is 22.6 Å². The number of carbonyl (C=O) groups excluding carboxylic acids is 2. The molecule has 1 spiro atoms. The highest BCUT2D eigenvalue weighted by Crippen LogP contribution is 2.38. The van der Waals surface area contributed by atoms with Gasteiger partial charge in [-0.05, 0) is 99.8 Å². The molecule has 3 aliphatic rings. The zero-order valence-electron chi connectivity index (χ0n) is 23.9. The maximum atomic E-state index is 13.2. The highest BCUT2D eigenvalue weighted by atomic mass is 32.2. The number of rotatable bonds is 10. The van der Waals surface area contributed by atoms with Crippen molar-refractivity contribution in [1.82, 2.24) is 9.62 Å². The van der Waals surface area contributed by atoms with Crippen molar-refractivity contribution in [3.8, 4) is 0 Å². The van der Waals surface area contributed by atoms with Gasteiger partial charge in [0, 0.05) is 31.8 Å². The Kier molecular flexibility index (Phi) is 9.52. The van der Waals surface area contributed by atoms with Crippen molar-refractivity contribution in [2.45, 2.75) is 96.2 Å². The number of primary amides is 1. The first-order valence-corrected chi connectivity index (χ1v) is 16.1. The minimum atomic E-state index is -4.13. The van der Waals surface area contributed by atoms with Crippen LogP contribution >= 0.6 is 0 Å². The number of benzene rings is 1. The molecule has 8 nitrogen and oxygen atoms in total. The summed E-state index contributed by atoms with van der Waals surface area (Å²) in [7, 11) is -3.55. The molecule has 12 heteroatoms. The summed E-state index contributed by atoms with van der Waals surface area (Å²) in [4.78, 5) is 28.9. The number of piperidine rings is 1. The van der Waals surface area contributed by atoms with Gasteiger partial charge < -0.3 is 11.1 Å². The molecule has 2 aliphatic heterocycles. The van der Waals surface area contributed by atoms with Crippen LogP contribution in [0.5, 0.6) is 0 Å². The molecule has 1 saturated heterocycles. The number of alkyl halides is 3. The number of nitrogens with two attached hydrogens (primary N) is 1. The maximum Gasteiger partial charge on any atom is 0.389 e. The van der Waals surface area contributed by atoms with Crippen molar-refractivity contribution < 1.29 is 31.2 Å². The van der Waals surface area contributed by atoms with Crippen LogP contribution in [0.15, 0.2) is 17.1 Å². The SMILES string of the molecule is Cc1cc(CCC(N)=O)cc(C)c1CCS(=O)(=O)N1CCC2(CC1)N=C(C1CCC(CCC(F)(F)F)CC1)NC2=O. The van der Waals surface area contributed by atoms with Gasteiger partial charge in [-0.3, -0.25) is 14.6 Å². The van der Waals surface area contributed by atoms with E-state index in [9.17, 15) is 31.2 Å². The smallest absolute Gasteiger partial charge is 0.370 e. The number of aryl methyl sites for hydroxylation is 3. The summed E-state index contributed by atoms with van der Waals surface area (Å²) in [6.45, 7) is 4.30. The van der Waals surface area contributed by atoms with Crippen LogP contribution in [0.2, 0.25) is 0 Å². The Balaban J connectivity index is 1.31. The lowest BCUT2D eigenvalue weighted by Crippen LogP contribution is -2.51. The number of amidine groups is 1. The van der Waals surface area contributed by atoms with E-state index in [4.69, 9.17) is 10.7 Å². The number of halogens is 3. The lowest BCUT2D eigenvalue weighted by molar-refractivity contribution is -0.138. The number of sulfonamides is 1. The fourth-order valence-electron chi connectivity index (χ4n) is 6.55. The molecule has 3 N–H and O–H groups in total. The molecular formula is C29H41F3N4O4S. The Morgan fingerprint density at radius 3 is 2.27 bits per heavy atom. The van der Waals surface area contributed by atoms with Gasteiger partial charge in [0.05, 0.1) is 5.75 Å². The molecule has 0 unspecified atom stereocenters. The minimum absolute atomic E-state index is 0.0240. The largest absolute Gasteiger partial charge is 0.389 e. The van der Waals surface area contributed by atoms with E-state index in [1.165, 1.54) is 4.31 Å². The van der Waals surface area contributed by atoms with Gasteiger partial charge >= 0.3 is 6.18 Å². The predicted molar refractivity (Wildman–Crippen MR) is 151 cm³/mol. The van der Waals surface area contributed by atoms with Gasteiger partial charge in [-0.25, -0.2) is 12.7 Å². The first-order chi connectivity index (χ1) is 19.2. The molecule has 0 atom stereocenters. The Hall–Kier alpha value is -2.47. The minimum Gasteiger partial charge on any atom is -0.370 e. The van der Waals surface area contributed by atoms with Gasteiger partial charge in [0.25, 0.3) is 5.91 Å². The van der Waals surface area contributed by atoms with Crippen LogP contribution in [0.4, 0.5) is 13.2 Å². The molecule has 1 aliphatic carbocycles. The Morgan fingerprint density at radius 2 is 1.71 bits per heavy atom. The lowest BCUT2D eigenvalue weighted by Gasteiger charge is -2.34. The van der Waals surface area contributed by atoms with E-state index in [2.05, 4.69) is 5.32 Å². The standard InChI is InChI=1S/C29H41F3N4O4S/c1-19-17-22(5-8-25(33)37)18-20(2)24(19)10-16-41(39,40)36-14-12-28(13-15-36)27(38)34-26(35-28)23-6-3-21(4-7-23)9-11-29(30,31)32/h17-18,21,23H,3-16H2,1-2H3,(H2,33,37)(H,34,35,38). The van der Waals surface area contributed by atoms with Gasteiger partial charge in [0.2, 0.25) is 15.9 Å². The number of nitrogens with zero attached hydrogens (tertiary/aromatic N) is 2. The molecule has 1 aromatic carbocycles. The number of hydrogen-bond acceptors (Lipinski definition) is 5. The van der Waals surface area contributed by atoms with Crippen molar-refractivity contribution in [2.75, 3.05) is 18.8 Å². The van der Waals surface area contributed by atoms with Gasteiger partial charge in [-0.15, -0.1) is 0 Å². The van der Waals surface area contributed by atoms with Crippen LogP contribution in [0, 0.1) is 25.7 Å². The average molecular weight is 599 g/mol. The lowest BCUT2D eigenvalue weighted by atomic mass is 9.79.